The van der Waals surface area contributed by atoms with Crippen LogP contribution in [0.2, 0.25) is 0 Å². The average molecular weight is 274 g/mol. The van der Waals surface area contributed by atoms with Gasteiger partial charge in [0.1, 0.15) is 11.5 Å². The van der Waals surface area contributed by atoms with Gasteiger partial charge in [0.15, 0.2) is 0 Å². The Bertz CT molecular complexity index is 625. The lowest BCUT2D eigenvalue weighted by molar-refractivity contribution is 0.0937. The first-order valence-electron chi connectivity index (χ1n) is 6.86. The molecule has 2 aromatic heterocycles. The number of hydrogen-bond acceptors (Lipinski definition) is 4. The maximum absolute atomic E-state index is 12.2. The molecule has 3 N–H and O–H groups in total. The number of hydrogen-bond donors (Lipinski definition) is 2. The highest BCUT2D eigenvalue weighted by Crippen LogP contribution is 2.37. The Hall–Kier alpha value is -2.24. The first kappa shape index (κ1) is 12.8. The first-order valence-corrected chi connectivity index (χ1v) is 6.86. The molecule has 1 aliphatic rings. The van der Waals surface area contributed by atoms with E-state index in [1.807, 2.05) is 17.7 Å². The molecule has 20 heavy (non-hydrogen) atoms. The van der Waals surface area contributed by atoms with Crippen molar-refractivity contribution in [2.75, 3.05) is 5.73 Å². The molecule has 0 saturated heterocycles. The number of nitrogens with two attached hydrogens (primary N) is 1. The lowest BCUT2D eigenvalue weighted by Gasteiger charge is -2.07. The zero-order valence-corrected chi connectivity index (χ0v) is 11.4. The number of carbonyl (C=O) groups is 1. The number of aryl methyl sites for hydroxylation is 1. The normalized spacial score (nSPS) is 14.4. The molecule has 0 spiro atoms. The second-order valence-electron chi connectivity index (χ2n) is 5.05. The summed E-state index contributed by atoms with van der Waals surface area (Å²) >= 11 is 0. The van der Waals surface area contributed by atoms with Crippen LogP contribution in [0.5, 0.6) is 0 Å². The number of nitrogen functional groups attached to an aromatic ring is 1. The van der Waals surface area contributed by atoms with Gasteiger partial charge in [-0.2, -0.15) is 0 Å². The summed E-state index contributed by atoms with van der Waals surface area (Å²) < 4.78 is 7.41. The van der Waals surface area contributed by atoms with Crippen molar-refractivity contribution in [2.45, 2.75) is 38.8 Å². The lowest BCUT2D eigenvalue weighted by atomic mass is 10.3. The molecule has 0 unspecified atom stereocenters. The third kappa shape index (κ3) is 2.54. The van der Waals surface area contributed by atoms with Gasteiger partial charge in [0, 0.05) is 18.7 Å². The number of amides is 1. The van der Waals surface area contributed by atoms with Gasteiger partial charge >= 0.3 is 0 Å². The molecule has 2 aromatic rings. The standard InChI is InChI=1S/C14H18N4O2/c1-2-11-6-16-13(20-11)7-17-14(19)12-5-9(15)8-18(12)10-3-4-10/h5-6,8,10H,2-4,7,15H2,1H3,(H,17,19). The van der Waals surface area contributed by atoms with E-state index in [0.29, 0.717) is 23.3 Å². The van der Waals surface area contributed by atoms with Crippen LogP contribution >= 0.6 is 0 Å². The van der Waals surface area contributed by atoms with Gasteiger partial charge in [0.05, 0.1) is 18.4 Å². The molecular weight excluding hydrogens is 256 g/mol. The lowest BCUT2D eigenvalue weighted by Crippen LogP contribution is -2.25. The van der Waals surface area contributed by atoms with Gasteiger partial charge in [-0.25, -0.2) is 4.98 Å². The fourth-order valence-corrected chi connectivity index (χ4v) is 2.18. The predicted octanol–water partition coefficient (Wildman–Crippen LogP) is 1.89. The minimum absolute atomic E-state index is 0.148. The van der Waals surface area contributed by atoms with Crippen molar-refractivity contribution in [1.82, 2.24) is 14.9 Å². The van der Waals surface area contributed by atoms with E-state index in [9.17, 15) is 4.79 Å². The highest BCUT2D eigenvalue weighted by molar-refractivity contribution is 5.93. The topological polar surface area (TPSA) is 86.1 Å². The quantitative estimate of drug-likeness (QED) is 0.871. The van der Waals surface area contributed by atoms with Gasteiger partial charge < -0.3 is 20.0 Å². The van der Waals surface area contributed by atoms with Crippen LogP contribution in [0.4, 0.5) is 5.69 Å². The SMILES string of the molecule is CCc1cnc(CNC(=O)c2cc(N)cn2C2CC2)o1. The molecule has 3 rings (SSSR count). The summed E-state index contributed by atoms with van der Waals surface area (Å²) in [5.74, 6) is 1.19. The maximum atomic E-state index is 12.2. The van der Waals surface area contributed by atoms with E-state index in [4.69, 9.17) is 10.2 Å². The largest absolute Gasteiger partial charge is 0.444 e. The number of oxazole rings is 1. The highest BCUT2D eigenvalue weighted by atomic mass is 16.4. The van der Waals surface area contributed by atoms with Crippen LogP contribution in [0, 0.1) is 0 Å². The molecule has 6 nitrogen and oxygen atoms in total. The van der Waals surface area contributed by atoms with E-state index in [-0.39, 0.29) is 12.5 Å². The molecule has 0 atom stereocenters. The number of rotatable bonds is 5. The number of aromatic nitrogens is 2. The molecule has 1 fully saturated rings. The zero-order chi connectivity index (χ0) is 14.1. The van der Waals surface area contributed by atoms with Crippen LogP contribution in [-0.4, -0.2) is 15.5 Å². The third-order valence-corrected chi connectivity index (χ3v) is 3.39. The van der Waals surface area contributed by atoms with Crippen LogP contribution < -0.4 is 11.1 Å². The van der Waals surface area contributed by atoms with Crippen molar-refractivity contribution in [3.05, 3.63) is 35.8 Å². The van der Waals surface area contributed by atoms with Crippen LogP contribution in [0.15, 0.2) is 22.9 Å². The van der Waals surface area contributed by atoms with Crippen LogP contribution in [-0.2, 0) is 13.0 Å². The predicted molar refractivity (Wildman–Crippen MR) is 74.2 cm³/mol. The smallest absolute Gasteiger partial charge is 0.268 e. The summed E-state index contributed by atoms with van der Waals surface area (Å²) in [5, 5.41) is 2.82. The molecule has 1 aliphatic carbocycles. The van der Waals surface area contributed by atoms with Crippen molar-refractivity contribution in [3.63, 3.8) is 0 Å². The van der Waals surface area contributed by atoms with E-state index in [2.05, 4.69) is 10.3 Å². The minimum atomic E-state index is -0.148. The number of nitrogens with zero attached hydrogens (tertiary/aromatic N) is 2. The van der Waals surface area contributed by atoms with Crippen LogP contribution in [0.25, 0.3) is 0 Å². The molecular formula is C14H18N4O2. The molecule has 0 bridgehead atoms. The van der Waals surface area contributed by atoms with Gasteiger partial charge in [-0.15, -0.1) is 0 Å². The van der Waals surface area contributed by atoms with E-state index in [1.165, 1.54) is 0 Å². The van der Waals surface area contributed by atoms with Crippen molar-refractivity contribution in [3.8, 4) is 0 Å². The molecule has 1 saturated carbocycles. The van der Waals surface area contributed by atoms with Crippen LogP contribution in [0.1, 0.15) is 47.9 Å². The molecule has 0 aromatic carbocycles. The van der Waals surface area contributed by atoms with E-state index >= 15 is 0 Å². The van der Waals surface area contributed by atoms with E-state index < -0.39 is 0 Å². The highest BCUT2D eigenvalue weighted by Gasteiger charge is 2.27. The fraction of sp³-hybridized carbons (Fsp3) is 0.429. The number of carbonyl (C=O) groups excluding carboxylic acids is 1. The van der Waals surface area contributed by atoms with Crippen molar-refractivity contribution >= 4 is 11.6 Å². The Morgan fingerprint density at radius 1 is 1.60 bits per heavy atom. The Morgan fingerprint density at radius 3 is 3.05 bits per heavy atom. The molecule has 6 heteroatoms. The zero-order valence-electron chi connectivity index (χ0n) is 11.4. The van der Waals surface area contributed by atoms with Gasteiger partial charge in [0.2, 0.25) is 5.89 Å². The second kappa shape index (κ2) is 5.03. The van der Waals surface area contributed by atoms with Gasteiger partial charge in [-0.3, -0.25) is 4.79 Å². The van der Waals surface area contributed by atoms with Gasteiger partial charge in [-0.1, -0.05) is 6.92 Å². The monoisotopic (exact) mass is 274 g/mol. The van der Waals surface area contributed by atoms with Crippen molar-refractivity contribution < 1.29 is 9.21 Å². The Balaban J connectivity index is 1.67. The van der Waals surface area contributed by atoms with Crippen molar-refractivity contribution in [1.29, 1.82) is 0 Å². The van der Waals surface area contributed by atoms with Crippen molar-refractivity contribution in [2.24, 2.45) is 0 Å². The van der Waals surface area contributed by atoms with E-state index in [1.54, 1.807) is 12.3 Å². The minimum Gasteiger partial charge on any atom is -0.444 e. The summed E-state index contributed by atoms with van der Waals surface area (Å²) in [6, 6.07) is 2.13. The molecule has 1 amide bonds. The molecule has 0 aliphatic heterocycles. The summed E-state index contributed by atoms with van der Waals surface area (Å²) in [6.07, 6.45) is 6.52. The average Bonchev–Trinajstić information content (AvgIpc) is 3.05. The molecule has 106 valence electrons. The summed E-state index contributed by atoms with van der Waals surface area (Å²) in [5.41, 5.74) is 7.00. The van der Waals surface area contributed by atoms with Crippen LogP contribution in [0.3, 0.4) is 0 Å². The number of anilines is 1. The molecule has 0 radical (unpaired) electrons. The molecule has 2 heterocycles. The summed E-state index contributed by atoms with van der Waals surface area (Å²) in [7, 11) is 0. The summed E-state index contributed by atoms with van der Waals surface area (Å²) in [6.45, 7) is 2.28. The third-order valence-electron chi connectivity index (χ3n) is 3.39. The first-order chi connectivity index (χ1) is 9.67. The van der Waals surface area contributed by atoms with Gasteiger partial charge in [-0.05, 0) is 18.9 Å². The Kier molecular flexibility index (Phi) is 3.22. The van der Waals surface area contributed by atoms with Gasteiger partial charge in [0.25, 0.3) is 5.91 Å². The summed E-state index contributed by atoms with van der Waals surface area (Å²) in [4.78, 5) is 16.3. The van der Waals surface area contributed by atoms with E-state index in [0.717, 1.165) is 25.0 Å². The Morgan fingerprint density at radius 2 is 2.40 bits per heavy atom. The second-order valence-corrected chi connectivity index (χ2v) is 5.05. The maximum Gasteiger partial charge on any atom is 0.268 e. The number of nitrogens with one attached hydrogen (secondary N) is 1. The fourth-order valence-electron chi connectivity index (χ4n) is 2.18. The Labute approximate surface area is 117 Å².